The zero-order valence-corrected chi connectivity index (χ0v) is 23.9. The minimum Gasteiger partial charge on any atom is -0.492 e. The summed E-state index contributed by atoms with van der Waals surface area (Å²) >= 11 is 6.06. The minimum atomic E-state index is -3.85. The van der Waals surface area contributed by atoms with Crippen LogP contribution < -0.4 is 14.4 Å². The molecule has 8 nitrogen and oxygen atoms in total. The first kappa shape index (κ1) is 29.8. The average molecular weight is 564 g/mol. The maximum Gasteiger partial charge on any atom is 0.244 e. The molecule has 0 heterocycles. The molecule has 0 aromatic heterocycles. The monoisotopic (exact) mass is 563 g/mol. The van der Waals surface area contributed by atoms with Gasteiger partial charge in [-0.15, -0.1) is 0 Å². The molecule has 10 heteroatoms. The first-order valence-electron chi connectivity index (χ1n) is 13.2. The Balaban J connectivity index is 1.93. The maximum atomic E-state index is 13.9. The van der Waals surface area contributed by atoms with Gasteiger partial charge >= 0.3 is 0 Å². The van der Waals surface area contributed by atoms with Crippen molar-refractivity contribution in [2.24, 2.45) is 0 Å². The number of nitrogens with zero attached hydrogens (tertiary/aromatic N) is 2. The molecule has 0 radical (unpaired) electrons. The highest BCUT2D eigenvalue weighted by Gasteiger charge is 2.33. The first-order valence-corrected chi connectivity index (χ1v) is 15.4. The molecule has 0 saturated heterocycles. The van der Waals surface area contributed by atoms with E-state index >= 15 is 0 Å². The summed E-state index contributed by atoms with van der Waals surface area (Å²) in [7, 11) is -3.85. The van der Waals surface area contributed by atoms with Gasteiger partial charge in [-0.05, 0) is 56.0 Å². The van der Waals surface area contributed by atoms with Crippen molar-refractivity contribution in [1.29, 1.82) is 0 Å². The molecular weight excluding hydrogens is 526 g/mol. The SMILES string of the molecule is CCOc1ccccc1N(CC(=O)N(Cc1ccc(Cl)cc1)C(CC)C(=O)NC1CCCCC1)S(C)(=O)=O. The number of para-hydroxylation sites is 2. The number of carbonyl (C=O) groups is 2. The average Bonchev–Trinajstić information content (AvgIpc) is 2.89. The van der Waals surface area contributed by atoms with Gasteiger partial charge in [0.2, 0.25) is 21.8 Å². The number of halogens is 1. The molecule has 3 rings (SSSR count). The van der Waals surface area contributed by atoms with Crippen LogP contribution in [0.25, 0.3) is 0 Å². The van der Waals surface area contributed by atoms with Crippen LogP contribution in [0.3, 0.4) is 0 Å². The Kier molecular flexibility index (Phi) is 10.8. The lowest BCUT2D eigenvalue weighted by molar-refractivity contribution is -0.140. The summed E-state index contributed by atoms with van der Waals surface area (Å²) in [5.41, 5.74) is 1.06. The molecule has 1 aliphatic rings. The van der Waals surface area contributed by atoms with E-state index in [0.29, 0.717) is 23.8 Å². The van der Waals surface area contributed by atoms with E-state index in [1.54, 1.807) is 55.5 Å². The van der Waals surface area contributed by atoms with E-state index in [2.05, 4.69) is 5.32 Å². The fraction of sp³-hybridized carbons (Fsp3) is 0.500. The van der Waals surface area contributed by atoms with Crippen molar-refractivity contribution < 1.29 is 22.7 Å². The van der Waals surface area contributed by atoms with Gasteiger partial charge in [-0.3, -0.25) is 13.9 Å². The van der Waals surface area contributed by atoms with Crippen LogP contribution in [0.1, 0.15) is 57.9 Å². The van der Waals surface area contributed by atoms with Gasteiger partial charge in [-0.1, -0.05) is 62.1 Å². The predicted molar refractivity (Wildman–Crippen MR) is 151 cm³/mol. The summed E-state index contributed by atoms with van der Waals surface area (Å²) in [6, 6.07) is 13.1. The van der Waals surface area contributed by atoms with Gasteiger partial charge in [0.25, 0.3) is 0 Å². The van der Waals surface area contributed by atoms with Crippen LogP contribution in [-0.2, 0) is 26.2 Å². The number of hydrogen-bond acceptors (Lipinski definition) is 5. The Morgan fingerprint density at radius 1 is 1.05 bits per heavy atom. The van der Waals surface area contributed by atoms with Gasteiger partial charge in [0.1, 0.15) is 18.3 Å². The quantitative estimate of drug-likeness (QED) is 0.401. The standard InChI is InChI=1S/C28H38ClN3O5S/c1-4-24(28(34)30-23-11-7-6-8-12-23)31(19-21-15-17-22(29)18-16-21)27(33)20-32(38(3,35)36)25-13-9-10-14-26(25)37-5-2/h9-10,13-18,23-24H,4-8,11-12,19-20H2,1-3H3,(H,30,34). The maximum absolute atomic E-state index is 13.9. The summed E-state index contributed by atoms with van der Waals surface area (Å²) in [4.78, 5) is 28.8. The van der Waals surface area contributed by atoms with E-state index in [4.69, 9.17) is 16.3 Å². The fourth-order valence-electron chi connectivity index (χ4n) is 4.79. The molecule has 0 aliphatic heterocycles. The largest absolute Gasteiger partial charge is 0.492 e. The fourth-order valence-corrected chi connectivity index (χ4v) is 5.76. The Labute approximate surface area is 231 Å². The van der Waals surface area contributed by atoms with Crippen molar-refractivity contribution in [3.63, 3.8) is 0 Å². The second kappa shape index (κ2) is 13.8. The number of benzene rings is 2. The van der Waals surface area contributed by atoms with E-state index in [0.717, 1.165) is 48.2 Å². The lowest BCUT2D eigenvalue weighted by Crippen LogP contribution is -2.54. The van der Waals surface area contributed by atoms with E-state index in [1.807, 2.05) is 6.92 Å². The zero-order valence-electron chi connectivity index (χ0n) is 22.4. The second-order valence-corrected chi connectivity index (χ2v) is 11.9. The van der Waals surface area contributed by atoms with Crippen molar-refractivity contribution in [1.82, 2.24) is 10.2 Å². The Morgan fingerprint density at radius 3 is 2.32 bits per heavy atom. The number of ether oxygens (including phenoxy) is 1. The highest BCUT2D eigenvalue weighted by molar-refractivity contribution is 7.92. The lowest BCUT2D eigenvalue weighted by atomic mass is 9.95. The van der Waals surface area contributed by atoms with Gasteiger partial charge in [-0.2, -0.15) is 0 Å². The van der Waals surface area contributed by atoms with Crippen LogP contribution in [0.4, 0.5) is 5.69 Å². The molecule has 1 N–H and O–H groups in total. The van der Waals surface area contributed by atoms with Crippen LogP contribution in [-0.4, -0.2) is 56.6 Å². The van der Waals surface area contributed by atoms with Crippen molar-refractivity contribution >= 4 is 39.1 Å². The van der Waals surface area contributed by atoms with Gasteiger partial charge in [0.15, 0.2) is 0 Å². The van der Waals surface area contributed by atoms with Crippen molar-refractivity contribution in [2.75, 3.05) is 23.7 Å². The molecule has 0 bridgehead atoms. The predicted octanol–water partition coefficient (Wildman–Crippen LogP) is 4.76. The van der Waals surface area contributed by atoms with E-state index in [-0.39, 0.29) is 24.2 Å². The van der Waals surface area contributed by atoms with Crippen molar-refractivity contribution in [2.45, 2.75) is 71.0 Å². The topological polar surface area (TPSA) is 96.0 Å². The van der Waals surface area contributed by atoms with Gasteiger partial charge < -0.3 is 15.0 Å². The number of carbonyl (C=O) groups excluding carboxylic acids is 2. The molecule has 2 amide bonds. The van der Waals surface area contributed by atoms with E-state index < -0.39 is 28.5 Å². The zero-order chi connectivity index (χ0) is 27.7. The number of sulfonamides is 1. The number of anilines is 1. The molecule has 38 heavy (non-hydrogen) atoms. The first-order chi connectivity index (χ1) is 18.1. The van der Waals surface area contributed by atoms with Crippen molar-refractivity contribution in [3.8, 4) is 5.75 Å². The number of rotatable bonds is 12. The third kappa shape index (κ3) is 8.11. The molecule has 1 unspecified atom stereocenters. The van der Waals surface area contributed by atoms with Crippen LogP contribution in [0.15, 0.2) is 48.5 Å². The number of amides is 2. The van der Waals surface area contributed by atoms with Crippen LogP contribution in [0.5, 0.6) is 5.75 Å². The third-order valence-corrected chi connectivity index (χ3v) is 8.10. The summed E-state index contributed by atoms with van der Waals surface area (Å²) in [5.74, 6) is -0.343. The van der Waals surface area contributed by atoms with Crippen LogP contribution in [0.2, 0.25) is 5.02 Å². The minimum absolute atomic E-state index is 0.0865. The van der Waals surface area contributed by atoms with Gasteiger partial charge in [0, 0.05) is 17.6 Å². The second-order valence-electron chi connectivity index (χ2n) is 9.59. The highest BCUT2D eigenvalue weighted by Crippen LogP contribution is 2.30. The Hall–Kier alpha value is -2.78. The third-order valence-electron chi connectivity index (χ3n) is 6.72. The van der Waals surface area contributed by atoms with Crippen LogP contribution >= 0.6 is 11.6 Å². The van der Waals surface area contributed by atoms with Crippen LogP contribution in [0, 0.1) is 0 Å². The molecule has 208 valence electrons. The van der Waals surface area contributed by atoms with E-state index in [9.17, 15) is 18.0 Å². The summed E-state index contributed by atoms with van der Waals surface area (Å²) in [6.45, 7) is 3.66. The molecule has 1 fully saturated rings. The smallest absolute Gasteiger partial charge is 0.244 e. The molecule has 2 aromatic rings. The molecule has 1 atom stereocenters. The summed E-state index contributed by atoms with van der Waals surface area (Å²) < 4.78 is 32.5. The van der Waals surface area contributed by atoms with Gasteiger partial charge in [-0.25, -0.2) is 8.42 Å². The summed E-state index contributed by atoms with van der Waals surface area (Å²) in [6.07, 6.45) is 6.57. The number of hydrogen-bond donors (Lipinski definition) is 1. The molecular formula is C28H38ClN3O5S. The molecule has 1 aliphatic carbocycles. The molecule has 0 spiro atoms. The lowest BCUT2D eigenvalue weighted by Gasteiger charge is -2.34. The summed E-state index contributed by atoms with van der Waals surface area (Å²) in [5, 5.41) is 3.70. The molecule has 2 aromatic carbocycles. The Morgan fingerprint density at radius 2 is 1.71 bits per heavy atom. The van der Waals surface area contributed by atoms with Gasteiger partial charge in [0.05, 0.1) is 18.6 Å². The Bertz CT molecular complexity index is 1180. The molecule has 1 saturated carbocycles. The van der Waals surface area contributed by atoms with Crippen molar-refractivity contribution in [3.05, 3.63) is 59.1 Å². The van der Waals surface area contributed by atoms with E-state index in [1.165, 1.54) is 4.90 Å². The highest BCUT2D eigenvalue weighted by atomic mass is 35.5. The number of nitrogens with one attached hydrogen (secondary N) is 1. The normalized spacial score (nSPS) is 14.9.